The van der Waals surface area contributed by atoms with Crippen LogP contribution < -0.4 is 11.3 Å². The summed E-state index contributed by atoms with van der Waals surface area (Å²) in [7, 11) is 0. The molecule has 0 saturated carbocycles. The lowest BCUT2D eigenvalue weighted by Crippen LogP contribution is -2.30. The molecule has 0 aromatic carbocycles. The highest BCUT2D eigenvalue weighted by Crippen LogP contribution is 2.04. The van der Waals surface area contributed by atoms with Gasteiger partial charge in [0.1, 0.15) is 0 Å². The minimum atomic E-state index is -0.361. The van der Waals surface area contributed by atoms with Crippen LogP contribution in [-0.4, -0.2) is 30.2 Å². The van der Waals surface area contributed by atoms with Gasteiger partial charge in [0.2, 0.25) is 0 Å². The van der Waals surface area contributed by atoms with Crippen molar-refractivity contribution in [2.75, 3.05) is 13.2 Å². The van der Waals surface area contributed by atoms with Crippen molar-refractivity contribution in [3.8, 4) is 0 Å². The van der Waals surface area contributed by atoms with Crippen LogP contribution in [0.15, 0.2) is 18.3 Å². The maximum Gasteiger partial charge on any atom is 0.266 e. The van der Waals surface area contributed by atoms with Crippen LogP contribution in [-0.2, 0) is 16.1 Å². The Morgan fingerprint density at radius 1 is 1.56 bits per heavy atom. The first-order chi connectivity index (χ1) is 8.67. The molecule has 3 N–H and O–H groups in total. The number of nitrogens with two attached hydrogens (primary N) is 1. The average molecular weight is 253 g/mol. The van der Waals surface area contributed by atoms with Crippen LogP contribution in [0, 0.1) is 0 Å². The highest BCUT2D eigenvalue weighted by Gasteiger charge is 2.06. The molecule has 6 heteroatoms. The molecule has 0 fully saturated rings. The minimum Gasteiger partial charge on any atom is -0.379 e. The van der Waals surface area contributed by atoms with Crippen LogP contribution in [0.25, 0.3) is 0 Å². The maximum absolute atomic E-state index is 11.2. The van der Waals surface area contributed by atoms with Gasteiger partial charge in [0, 0.05) is 12.8 Å². The molecule has 0 spiro atoms. The number of pyridine rings is 1. The molecule has 1 amide bonds. The highest BCUT2D eigenvalue weighted by molar-refractivity contribution is 5.93. The van der Waals surface area contributed by atoms with E-state index in [1.165, 1.54) is 6.20 Å². The number of ether oxygens (including phenoxy) is 2. The zero-order chi connectivity index (χ0) is 13.4. The predicted molar refractivity (Wildman–Crippen MR) is 66.6 cm³/mol. The van der Waals surface area contributed by atoms with Gasteiger partial charge in [-0.15, -0.1) is 0 Å². The number of rotatable bonds is 7. The van der Waals surface area contributed by atoms with Crippen LogP contribution >= 0.6 is 0 Å². The summed E-state index contributed by atoms with van der Waals surface area (Å²) in [5.74, 6) is 4.66. The zero-order valence-corrected chi connectivity index (χ0v) is 10.7. The summed E-state index contributed by atoms with van der Waals surface area (Å²) in [4.78, 5) is 15.3. The molecule has 1 heterocycles. The van der Waals surface area contributed by atoms with Gasteiger partial charge in [-0.3, -0.25) is 15.2 Å². The molecule has 0 aliphatic rings. The van der Waals surface area contributed by atoms with E-state index in [0.29, 0.717) is 25.4 Å². The Morgan fingerprint density at radius 3 is 2.89 bits per heavy atom. The molecule has 1 atom stereocenters. The Kier molecular flexibility index (Phi) is 6.27. The van der Waals surface area contributed by atoms with Crippen molar-refractivity contribution < 1.29 is 14.3 Å². The lowest BCUT2D eigenvalue weighted by atomic mass is 10.2. The molecule has 1 aromatic rings. The molecule has 1 aromatic heterocycles. The number of nitrogens with zero attached hydrogens (tertiary/aromatic N) is 1. The van der Waals surface area contributed by atoms with E-state index in [2.05, 4.69) is 4.98 Å². The molecule has 100 valence electrons. The standard InChI is InChI=1S/C12H19N3O3/c1-3-17-7-9(2)18-8-11-5-4-10(6-14-11)12(16)15-13/h4-6,9H,3,7-8,13H2,1-2H3,(H,15,16). The second kappa shape index (κ2) is 7.75. The first-order valence-corrected chi connectivity index (χ1v) is 5.82. The number of nitrogens with one attached hydrogen (secondary N) is 1. The molecule has 0 bridgehead atoms. The maximum atomic E-state index is 11.2. The summed E-state index contributed by atoms with van der Waals surface area (Å²) in [5.41, 5.74) is 3.22. The fourth-order valence-electron chi connectivity index (χ4n) is 1.29. The first-order valence-electron chi connectivity index (χ1n) is 5.82. The monoisotopic (exact) mass is 253 g/mol. The molecule has 0 saturated heterocycles. The molecule has 0 radical (unpaired) electrons. The largest absolute Gasteiger partial charge is 0.379 e. The lowest BCUT2D eigenvalue weighted by molar-refractivity contribution is -0.0127. The summed E-state index contributed by atoms with van der Waals surface area (Å²) in [6, 6.07) is 3.39. The van der Waals surface area contributed by atoms with Crippen LogP contribution in [0.4, 0.5) is 0 Å². The van der Waals surface area contributed by atoms with Gasteiger partial charge in [0.15, 0.2) is 0 Å². The van der Waals surface area contributed by atoms with Gasteiger partial charge in [0.05, 0.1) is 30.6 Å². The normalized spacial score (nSPS) is 12.2. The number of carbonyl (C=O) groups excluding carboxylic acids is 1. The highest BCUT2D eigenvalue weighted by atomic mass is 16.5. The Hall–Kier alpha value is -1.50. The Balaban J connectivity index is 2.41. The van der Waals surface area contributed by atoms with Gasteiger partial charge >= 0.3 is 0 Å². The Bertz CT molecular complexity index is 367. The fourth-order valence-corrected chi connectivity index (χ4v) is 1.29. The molecule has 0 aliphatic heterocycles. The van der Waals surface area contributed by atoms with Gasteiger partial charge in [-0.25, -0.2) is 5.84 Å². The fraction of sp³-hybridized carbons (Fsp3) is 0.500. The van der Waals surface area contributed by atoms with E-state index in [9.17, 15) is 4.79 Å². The van der Waals surface area contributed by atoms with Crippen molar-refractivity contribution in [1.29, 1.82) is 0 Å². The van der Waals surface area contributed by atoms with Gasteiger partial charge in [-0.1, -0.05) is 0 Å². The number of nitrogen functional groups attached to an aromatic ring is 1. The molecule has 18 heavy (non-hydrogen) atoms. The average Bonchev–Trinajstić information content (AvgIpc) is 2.42. The molecule has 6 nitrogen and oxygen atoms in total. The topological polar surface area (TPSA) is 86.5 Å². The predicted octanol–water partition coefficient (Wildman–Crippen LogP) is 0.627. The summed E-state index contributed by atoms with van der Waals surface area (Å²) in [6.07, 6.45) is 1.48. The molecule has 1 rings (SSSR count). The number of carbonyl (C=O) groups is 1. The summed E-state index contributed by atoms with van der Waals surface area (Å²) < 4.78 is 10.8. The molecular weight excluding hydrogens is 234 g/mol. The van der Waals surface area contributed by atoms with Crippen molar-refractivity contribution in [1.82, 2.24) is 10.4 Å². The van der Waals surface area contributed by atoms with Crippen LogP contribution in [0.5, 0.6) is 0 Å². The first kappa shape index (κ1) is 14.6. The van der Waals surface area contributed by atoms with Crippen molar-refractivity contribution >= 4 is 5.91 Å². The van der Waals surface area contributed by atoms with Crippen molar-refractivity contribution in [2.45, 2.75) is 26.6 Å². The van der Waals surface area contributed by atoms with Gasteiger partial charge < -0.3 is 9.47 Å². The van der Waals surface area contributed by atoms with E-state index in [1.807, 2.05) is 19.3 Å². The smallest absolute Gasteiger partial charge is 0.266 e. The molecule has 0 aliphatic carbocycles. The summed E-state index contributed by atoms with van der Waals surface area (Å²) in [6.45, 7) is 5.50. The van der Waals surface area contributed by atoms with Gasteiger partial charge in [-0.2, -0.15) is 0 Å². The van der Waals surface area contributed by atoms with Crippen molar-refractivity contribution in [2.24, 2.45) is 5.84 Å². The Labute approximate surface area is 106 Å². The third kappa shape index (κ3) is 4.79. The van der Waals surface area contributed by atoms with Crippen molar-refractivity contribution in [3.63, 3.8) is 0 Å². The van der Waals surface area contributed by atoms with E-state index >= 15 is 0 Å². The number of hydrogen-bond acceptors (Lipinski definition) is 5. The molecular formula is C12H19N3O3. The van der Waals surface area contributed by atoms with Crippen LogP contribution in [0.1, 0.15) is 29.9 Å². The lowest BCUT2D eigenvalue weighted by Gasteiger charge is -2.12. The van der Waals surface area contributed by atoms with Gasteiger partial charge in [0.25, 0.3) is 5.91 Å². The second-order valence-corrected chi connectivity index (χ2v) is 3.79. The SMILES string of the molecule is CCOCC(C)OCc1ccc(C(=O)NN)cn1. The van der Waals surface area contributed by atoms with E-state index in [-0.39, 0.29) is 12.0 Å². The van der Waals surface area contributed by atoms with E-state index < -0.39 is 0 Å². The summed E-state index contributed by atoms with van der Waals surface area (Å²) >= 11 is 0. The van der Waals surface area contributed by atoms with Crippen LogP contribution in [0.3, 0.4) is 0 Å². The number of aromatic nitrogens is 1. The minimum absolute atomic E-state index is 0.0127. The van der Waals surface area contributed by atoms with Crippen LogP contribution in [0.2, 0.25) is 0 Å². The van der Waals surface area contributed by atoms with E-state index in [1.54, 1.807) is 12.1 Å². The second-order valence-electron chi connectivity index (χ2n) is 3.79. The number of hydrazine groups is 1. The van der Waals surface area contributed by atoms with E-state index in [4.69, 9.17) is 15.3 Å². The third-order valence-corrected chi connectivity index (χ3v) is 2.29. The van der Waals surface area contributed by atoms with Crippen molar-refractivity contribution in [3.05, 3.63) is 29.6 Å². The zero-order valence-electron chi connectivity index (χ0n) is 10.7. The van der Waals surface area contributed by atoms with E-state index in [0.717, 1.165) is 5.69 Å². The number of hydrogen-bond donors (Lipinski definition) is 2. The van der Waals surface area contributed by atoms with Gasteiger partial charge in [-0.05, 0) is 26.0 Å². The molecule has 1 unspecified atom stereocenters. The number of amides is 1. The third-order valence-electron chi connectivity index (χ3n) is 2.29. The summed E-state index contributed by atoms with van der Waals surface area (Å²) in [5, 5.41) is 0. The quantitative estimate of drug-likeness (QED) is 0.423. The Morgan fingerprint density at radius 2 is 2.33 bits per heavy atom.